The lowest BCUT2D eigenvalue weighted by Crippen LogP contribution is -2.20. The summed E-state index contributed by atoms with van der Waals surface area (Å²) in [6.45, 7) is 5.55. The molecule has 25 heavy (non-hydrogen) atoms. The van der Waals surface area contributed by atoms with E-state index in [-0.39, 0.29) is 12.3 Å². The van der Waals surface area contributed by atoms with Crippen LogP contribution in [0.2, 0.25) is 0 Å². The summed E-state index contributed by atoms with van der Waals surface area (Å²) in [6, 6.07) is 12.7. The minimum atomic E-state index is -0.474. The number of rotatable bonds is 7. The maximum Gasteiger partial charge on any atom is 0.275 e. The average molecular weight is 339 g/mol. The van der Waals surface area contributed by atoms with E-state index in [1.165, 1.54) is 12.1 Å². The van der Waals surface area contributed by atoms with Crippen molar-refractivity contribution < 1.29 is 14.5 Å². The number of ether oxygens (including phenoxy) is 1. The van der Waals surface area contributed by atoms with Gasteiger partial charge in [-0.3, -0.25) is 14.9 Å². The molecule has 0 spiro atoms. The summed E-state index contributed by atoms with van der Waals surface area (Å²) in [7, 11) is 0. The Hall–Kier alpha value is -3.48. The molecule has 0 aliphatic rings. The van der Waals surface area contributed by atoms with Gasteiger partial charge in [-0.25, -0.2) is 5.43 Å². The van der Waals surface area contributed by atoms with Gasteiger partial charge in [-0.1, -0.05) is 24.8 Å². The average Bonchev–Trinajstić information content (AvgIpc) is 2.64. The molecule has 2 rings (SSSR count). The third kappa shape index (κ3) is 4.74. The maximum absolute atomic E-state index is 12.3. The van der Waals surface area contributed by atoms with Crippen LogP contribution in [0.15, 0.2) is 66.3 Å². The van der Waals surface area contributed by atoms with Gasteiger partial charge in [0.1, 0.15) is 12.4 Å². The van der Waals surface area contributed by atoms with Gasteiger partial charge in [-0.15, -0.1) is 0 Å². The van der Waals surface area contributed by atoms with Crippen molar-refractivity contribution in [2.45, 2.75) is 6.92 Å². The summed E-state index contributed by atoms with van der Waals surface area (Å²) in [4.78, 5) is 22.5. The Kier molecular flexibility index (Phi) is 6.00. The maximum atomic E-state index is 12.3. The van der Waals surface area contributed by atoms with Crippen LogP contribution in [0.4, 0.5) is 5.69 Å². The molecular weight excluding hydrogens is 322 g/mol. The van der Waals surface area contributed by atoms with Crippen LogP contribution >= 0.6 is 0 Å². The van der Waals surface area contributed by atoms with Crippen LogP contribution in [0, 0.1) is 10.1 Å². The topological polar surface area (TPSA) is 93.8 Å². The molecule has 0 atom stereocenters. The van der Waals surface area contributed by atoms with Crippen molar-refractivity contribution >= 4 is 17.3 Å². The van der Waals surface area contributed by atoms with Crippen molar-refractivity contribution in [3.05, 3.63) is 82.4 Å². The summed E-state index contributed by atoms with van der Waals surface area (Å²) < 4.78 is 5.44. The predicted molar refractivity (Wildman–Crippen MR) is 94.9 cm³/mol. The predicted octanol–water partition coefficient (Wildman–Crippen LogP) is 3.31. The molecule has 2 aromatic rings. The van der Waals surface area contributed by atoms with E-state index in [4.69, 9.17) is 4.74 Å². The molecule has 0 radical (unpaired) electrons. The Morgan fingerprint density at radius 1 is 1.28 bits per heavy atom. The highest BCUT2D eigenvalue weighted by molar-refractivity contribution is 6.01. The number of nitro groups is 1. The monoisotopic (exact) mass is 339 g/mol. The molecule has 0 saturated carbocycles. The normalized spacial score (nSPS) is 10.8. The van der Waals surface area contributed by atoms with Crippen LogP contribution < -0.4 is 10.2 Å². The first-order chi connectivity index (χ1) is 12.0. The zero-order valence-electron chi connectivity index (χ0n) is 13.6. The van der Waals surface area contributed by atoms with E-state index in [0.29, 0.717) is 22.6 Å². The van der Waals surface area contributed by atoms with E-state index in [1.54, 1.807) is 49.4 Å². The lowest BCUT2D eigenvalue weighted by Gasteiger charge is -2.09. The molecule has 0 saturated heterocycles. The van der Waals surface area contributed by atoms with Crippen LogP contribution in [-0.2, 0) is 0 Å². The first-order valence-electron chi connectivity index (χ1n) is 7.45. The Bertz CT molecular complexity index is 813. The second-order valence-electron chi connectivity index (χ2n) is 5.04. The third-order valence-electron chi connectivity index (χ3n) is 3.31. The van der Waals surface area contributed by atoms with Gasteiger partial charge in [-0.05, 0) is 36.8 Å². The molecule has 7 nitrogen and oxygen atoms in total. The zero-order valence-corrected chi connectivity index (χ0v) is 13.6. The van der Waals surface area contributed by atoms with E-state index in [1.807, 2.05) is 0 Å². The molecule has 128 valence electrons. The lowest BCUT2D eigenvalue weighted by atomic mass is 10.1. The van der Waals surface area contributed by atoms with Gasteiger partial charge in [-0.2, -0.15) is 5.10 Å². The number of amides is 1. The summed E-state index contributed by atoms with van der Waals surface area (Å²) in [5, 5.41) is 14.7. The van der Waals surface area contributed by atoms with E-state index in [0.717, 1.165) is 0 Å². The fourth-order valence-electron chi connectivity index (χ4n) is 2.01. The van der Waals surface area contributed by atoms with Crippen molar-refractivity contribution in [1.82, 2.24) is 5.43 Å². The molecule has 0 aliphatic heterocycles. The number of benzene rings is 2. The molecule has 0 heterocycles. The number of non-ortho nitro benzene ring substituents is 1. The number of para-hydroxylation sites is 1. The SMILES string of the molecule is C=CCOc1ccccc1C(=O)N/N=C(/C)c1ccc([N+](=O)[O-])cc1. The highest BCUT2D eigenvalue weighted by atomic mass is 16.6. The van der Waals surface area contributed by atoms with Gasteiger partial charge in [0.15, 0.2) is 0 Å². The molecule has 0 unspecified atom stereocenters. The number of hydrazone groups is 1. The Labute approximate surface area is 144 Å². The van der Waals surface area contributed by atoms with Crippen LogP contribution in [0.1, 0.15) is 22.8 Å². The van der Waals surface area contributed by atoms with Crippen LogP contribution in [0.3, 0.4) is 0 Å². The van der Waals surface area contributed by atoms with Crippen LogP contribution in [0.25, 0.3) is 0 Å². The van der Waals surface area contributed by atoms with Gasteiger partial charge in [0, 0.05) is 12.1 Å². The van der Waals surface area contributed by atoms with Gasteiger partial charge in [0.2, 0.25) is 0 Å². The first kappa shape index (κ1) is 17.9. The molecule has 1 amide bonds. The molecule has 2 aromatic carbocycles. The molecule has 0 aromatic heterocycles. The highest BCUT2D eigenvalue weighted by Crippen LogP contribution is 2.18. The van der Waals surface area contributed by atoms with E-state index >= 15 is 0 Å². The van der Waals surface area contributed by atoms with Gasteiger partial charge in [0.25, 0.3) is 11.6 Å². The van der Waals surface area contributed by atoms with Crippen LogP contribution in [-0.4, -0.2) is 23.1 Å². The number of nitrogens with one attached hydrogen (secondary N) is 1. The van der Waals surface area contributed by atoms with E-state index in [9.17, 15) is 14.9 Å². The second-order valence-corrected chi connectivity index (χ2v) is 5.04. The van der Waals surface area contributed by atoms with Crippen LogP contribution in [0.5, 0.6) is 5.75 Å². The number of hydrogen-bond donors (Lipinski definition) is 1. The standard InChI is InChI=1S/C18H17N3O4/c1-3-12-25-17-7-5-4-6-16(17)18(22)20-19-13(2)14-8-10-15(11-9-14)21(23)24/h3-11H,1,12H2,2H3,(H,20,22)/b19-13-. The van der Waals surface area contributed by atoms with E-state index in [2.05, 4.69) is 17.1 Å². The highest BCUT2D eigenvalue weighted by Gasteiger charge is 2.11. The minimum absolute atomic E-state index is 0.00567. The number of hydrogen-bond acceptors (Lipinski definition) is 5. The second kappa shape index (κ2) is 8.39. The van der Waals surface area contributed by atoms with Crippen molar-refractivity contribution in [1.29, 1.82) is 0 Å². The van der Waals surface area contributed by atoms with E-state index < -0.39 is 10.8 Å². The number of carbonyl (C=O) groups is 1. The van der Waals surface area contributed by atoms with Crippen molar-refractivity contribution in [2.24, 2.45) is 5.10 Å². The largest absolute Gasteiger partial charge is 0.489 e. The lowest BCUT2D eigenvalue weighted by molar-refractivity contribution is -0.384. The fourth-order valence-corrected chi connectivity index (χ4v) is 2.01. The molecule has 1 N–H and O–H groups in total. The van der Waals surface area contributed by atoms with Gasteiger partial charge >= 0.3 is 0 Å². The number of carbonyl (C=O) groups excluding carboxylic acids is 1. The molecule has 0 fully saturated rings. The van der Waals surface area contributed by atoms with Gasteiger partial charge < -0.3 is 4.74 Å². The van der Waals surface area contributed by atoms with Gasteiger partial charge in [0.05, 0.1) is 16.2 Å². The summed E-state index contributed by atoms with van der Waals surface area (Å²) in [5.41, 5.74) is 4.00. The molecule has 0 bridgehead atoms. The molecular formula is C18H17N3O4. The zero-order chi connectivity index (χ0) is 18.2. The first-order valence-corrected chi connectivity index (χ1v) is 7.45. The smallest absolute Gasteiger partial charge is 0.275 e. The van der Waals surface area contributed by atoms with Crippen molar-refractivity contribution in [3.63, 3.8) is 0 Å². The Morgan fingerprint density at radius 3 is 2.60 bits per heavy atom. The number of nitro benzene ring substituents is 1. The summed E-state index contributed by atoms with van der Waals surface area (Å²) >= 11 is 0. The molecule has 0 aliphatic carbocycles. The summed E-state index contributed by atoms with van der Waals surface area (Å²) in [5.74, 6) is 0.0176. The molecule has 7 heteroatoms. The van der Waals surface area contributed by atoms with Crippen molar-refractivity contribution in [2.75, 3.05) is 6.61 Å². The summed E-state index contributed by atoms with van der Waals surface area (Å²) in [6.07, 6.45) is 1.59. The Morgan fingerprint density at radius 2 is 1.96 bits per heavy atom. The third-order valence-corrected chi connectivity index (χ3v) is 3.31. The Balaban J connectivity index is 2.11. The number of nitrogens with zero attached hydrogens (tertiary/aromatic N) is 2. The minimum Gasteiger partial charge on any atom is -0.489 e. The fraction of sp³-hybridized carbons (Fsp3) is 0.111. The quantitative estimate of drug-likeness (QED) is 0.362. The van der Waals surface area contributed by atoms with Crippen molar-refractivity contribution in [3.8, 4) is 5.75 Å².